The number of hydrogen-bond acceptors (Lipinski definition) is 3. The molecule has 0 aliphatic carbocycles. The monoisotopic (exact) mass is 337 g/mol. The van der Waals surface area contributed by atoms with Gasteiger partial charge in [-0.3, -0.25) is 4.79 Å². The van der Waals surface area contributed by atoms with E-state index in [1.54, 1.807) is 24.4 Å². The number of hydrogen-bond donors (Lipinski definition) is 2. The lowest BCUT2D eigenvalue weighted by molar-refractivity contribution is 0.102. The van der Waals surface area contributed by atoms with E-state index in [-0.39, 0.29) is 11.3 Å². The number of anilines is 2. The highest BCUT2D eigenvalue weighted by atomic mass is 79.9. The molecule has 104 valence electrons. The normalized spacial score (nSPS) is 10.2. The Morgan fingerprint density at radius 2 is 2.15 bits per heavy atom. The zero-order valence-corrected chi connectivity index (χ0v) is 12.4. The van der Waals surface area contributed by atoms with Gasteiger partial charge in [-0.25, -0.2) is 9.37 Å². The zero-order valence-electron chi connectivity index (χ0n) is 10.8. The van der Waals surface area contributed by atoms with Crippen LogP contribution in [0.2, 0.25) is 0 Å². The van der Waals surface area contributed by atoms with Gasteiger partial charge < -0.3 is 10.6 Å². The Bertz CT molecular complexity index is 634. The van der Waals surface area contributed by atoms with Crippen molar-refractivity contribution in [2.24, 2.45) is 0 Å². The predicted octanol–water partition coefficient (Wildman–Crippen LogP) is 3.67. The van der Waals surface area contributed by atoms with Crippen LogP contribution in [0.5, 0.6) is 0 Å². The number of benzene rings is 1. The van der Waals surface area contributed by atoms with Gasteiger partial charge in [0.1, 0.15) is 11.6 Å². The molecule has 20 heavy (non-hydrogen) atoms. The lowest BCUT2D eigenvalue weighted by Crippen LogP contribution is -2.16. The first-order valence-electron chi connectivity index (χ1n) is 6.07. The standard InChI is InChI=1S/C14H13BrFN3O/c1-2-17-12-9(5-3-7-11(12)16)14(20)19-13-10(15)6-4-8-18-13/h3-8,17H,2H2,1H3,(H,18,19,20). The molecule has 1 aromatic heterocycles. The van der Waals surface area contributed by atoms with E-state index >= 15 is 0 Å². The lowest BCUT2D eigenvalue weighted by atomic mass is 10.1. The van der Waals surface area contributed by atoms with Gasteiger partial charge in [0, 0.05) is 12.7 Å². The summed E-state index contributed by atoms with van der Waals surface area (Å²) in [5.74, 6) is -0.483. The summed E-state index contributed by atoms with van der Waals surface area (Å²) in [4.78, 5) is 16.3. The van der Waals surface area contributed by atoms with E-state index in [4.69, 9.17) is 0 Å². The van der Waals surface area contributed by atoms with E-state index in [1.807, 2.05) is 6.92 Å². The second-order valence-electron chi connectivity index (χ2n) is 3.98. The van der Waals surface area contributed by atoms with E-state index in [0.29, 0.717) is 16.8 Å². The second kappa shape index (κ2) is 6.47. The van der Waals surface area contributed by atoms with Crippen molar-refractivity contribution in [1.29, 1.82) is 0 Å². The van der Waals surface area contributed by atoms with Crippen molar-refractivity contribution >= 4 is 33.3 Å². The van der Waals surface area contributed by atoms with Gasteiger partial charge >= 0.3 is 0 Å². The van der Waals surface area contributed by atoms with Gasteiger partial charge in [0.05, 0.1) is 15.7 Å². The molecule has 0 spiro atoms. The molecule has 0 bridgehead atoms. The summed E-state index contributed by atoms with van der Waals surface area (Å²) >= 11 is 3.29. The van der Waals surface area contributed by atoms with Gasteiger partial charge in [-0.1, -0.05) is 6.07 Å². The summed E-state index contributed by atoms with van der Waals surface area (Å²) in [6.07, 6.45) is 1.57. The van der Waals surface area contributed by atoms with Crippen molar-refractivity contribution in [3.63, 3.8) is 0 Å². The maximum absolute atomic E-state index is 13.7. The molecule has 2 aromatic rings. The molecule has 0 aliphatic heterocycles. The van der Waals surface area contributed by atoms with Crippen molar-refractivity contribution in [2.45, 2.75) is 6.92 Å². The van der Waals surface area contributed by atoms with Crippen LogP contribution < -0.4 is 10.6 Å². The van der Waals surface area contributed by atoms with E-state index in [9.17, 15) is 9.18 Å². The van der Waals surface area contributed by atoms with Gasteiger partial charge in [0.25, 0.3) is 5.91 Å². The fraction of sp³-hybridized carbons (Fsp3) is 0.143. The summed E-state index contributed by atoms with van der Waals surface area (Å²) in [5.41, 5.74) is 0.434. The SMILES string of the molecule is CCNc1c(F)cccc1C(=O)Nc1ncccc1Br. The fourth-order valence-corrected chi connectivity index (χ4v) is 2.08. The van der Waals surface area contributed by atoms with Crippen LogP contribution in [0.1, 0.15) is 17.3 Å². The number of carbonyl (C=O) groups excluding carboxylic acids is 1. The molecule has 0 atom stereocenters. The average molecular weight is 338 g/mol. The molecule has 4 nitrogen and oxygen atoms in total. The first-order chi connectivity index (χ1) is 9.63. The minimum atomic E-state index is -0.459. The van der Waals surface area contributed by atoms with Crippen LogP contribution in [0.25, 0.3) is 0 Å². The largest absolute Gasteiger partial charge is 0.382 e. The van der Waals surface area contributed by atoms with Crippen LogP contribution >= 0.6 is 15.9 Å². The van der Waals surface area contributed by atoms with Crippen LogP contribution in [-0.2, 0) is 0 Å². The number of para-hydroxylation sites is 1. The van der Waals surface area contributed by atoms with E-state index in [0.717, 1.165) is 0 Å². The first-order valence-corrected chi connectivity index (χ1v) is 6.87. The van der Waals surface area contributed by atoms with Crippen LogP contribution in [0, 0.1) is 5.82 Å². The molecule has 0 radical (unpaired) electrons. The van der Waals surface area contributed by atoms with Crippen molar-refractivity contribution in [3.8, 4) is 0 Å². The number of aromatic nitrogens is 1. The van der Waals surface area contributed by atoms with Crippen molar-refractivity contribution in [2.75, 3.05) is 17.2 Å². The number of nitrogens with zero attached hydrogens (tertiary/aromatic N) is 1. The third-order valence-corrected chi connectivity index (χ3v) is 3.24. The number of carbonyl (C=O) groups is 1. The molecule has 0 saturated heterocycles. The van der Waals surface area contributed by atoms with Crippen LogP contribution in [-0.4, -0.2) is 17.4 Å². The summed E-state index contributed by atoms with van der Waals surface area (Å²) in [7, 11) is 0. The fourth-order valence-electron chi connectivity index (χ4n) is 1.72. The number of nitrogens with one attached hydrogen (secondary N) is 2. The third kappa shape index (κ3) is 3.14. The zero-order chi connectivity index (χ0) is 14.5. The number of pyridine rings is 1. The third-order valence-electron chi connectivity index (χ3n) is 2.60. The summed E-state index contributed by atoms with van der Waals surface area (Å²) in [5, 5.41) is 5.51. The summed E-state index contributed by atoms with van der Waals surface area (Å²) < 4.78 is 14.4. The Morgan fingerprint density at radius 1 is 1.35 bits per heavy atom. The molecule has 0 fully saturated rings. The van der Waals surface area contributed by atoms with Crippen molar-refractivity contribution in [1.82, 2.24) is 4.98 Å². The molecule has 2 rings (SSSR count). The molecule has 0 saturated carbocycles. The highest BCUT2D eigenvalue weighted by molar-refractivity contribution is 9.10. The Morgan fingerprint density at radius 3 is 2.85 bits per heavy atom. The van der Waals surface area contributed by atoms with Gasteiger partial charge in [0.2, 0.25) is 0 Å². The Labute approximate surface area is 124 Å². The highest BCUT2D eigenvalue weighted by Crippen LogP contribution is 2.23. The minimum absolute atomic E-state index is 0.194. The van der Waals surface area contributed by atoms with Crippen LogP contribution in [0.4, 0.5) is 15.9 Å². The number of halogens is 2. The van der Waals surface area contributed by atoms with Crippen LogP contribution in [0.15, 0.2) is 41.0 Å². The molecule has 6 heteroatoms. The molecule has 1 heterocycles. The summed E-state index contributed by atoms with van der Waals surface area (Å²) in [6.45, 7) is 2.36. The first kappa shape index (κ1) is 14.5. The van der Waals surface area contributed by atoms with Gasteiger partial charge in [-0.05, 0) is 47.1 Å². The van der Waals surface area contributed by atoms with Crippen molar-refractivity contribution in [3.05, 3.63) is 52.4 Å². The Balaban J connectivity index is 2.30. The van der Waals surface area contributed by atoms with E-state index in [2.05, 4.69) is 31.5 Å². The van der Waals surface area contributed by atoms with E-state index in [1.165, 1.54) is 12.1 Å². The topological polar surface area (TPSA) is 54.0 Å². The lowest BCUT2D eigenvalue weighted by Gasteiger charge is -2.12. The molecular weight excluding hydrogens is 325 g/mol. The Kier molecular flexibility index (Phi) is 4.68. The molecule has 1 aromatic carbocycles. The van der Waals surface area contributed by atoms with Gasteiger partial charge in [0.15, 0.2) is 0 Å². The average Bonchev–Trinajstić information content (AvgIpc) is 2.43. The molecular formula is C14H13BrFN3O. The van der Waals surface area contributed by atoms with Crippen molar-refractivity contribution < 1.29 is 9.18 Å². The minimum Gasteiger partial charge on any atom is -0.382 e. The smallest absolute Gasteiger partial charge is 0.259 e. The highest BCUT2D eigenvalue weighted by Gasteiger charge is 2.15. The van der Waals surface area contributed by atoms with Gasteiger partial charge in [-0.15, -0.1) is 0 Å². The van der Waals surface area contributed by atoms with E-state index < -0.39 is 11.7 Å². The predicted molar refractivity (Wildman–Crippen MR) is 80.5 cm³/mol. The quantitative estimate of drug-likeness (QED) is 0.894. The molecule has 2 N–H and O–H groups in total. The van der Waals surface area contributed by atoms with Gasteiger partial charge in [-0.2, -0.15) is 0 Å². The number of rotatable bonds is 4. The number of amides is 1. The maximum atomic E-state index is 13.7. The molecule has 1 amide bonds. The second-order valence-corrected chi connectivity index (χ2v) is 4.84. The summed E-state index contributed by atoms with van der Waals surface area (Å²) in [6, 6.07) is 7.88. The molecule has 0 aliphatic rings. The maximum Gasteiger partial charge on any atom is 0.259 e. The molecule has 0 unspecified atom stereocenters. The van der Waals surface area contributed by atoms with Crippen LogP contribution in [0.3, 0.4) is 0 Å². The Hall–Kier alpha value is -1.95.